The first-order valence-corrected chi connectivity index (χ1v) is 4.06. The summed E-state index contributed by atoms with van der Waals surface area (Å²) in [6.45, 7) is 3.13. The van der Waals surface area contributed by atoms with E-state index in [-0.39, 0.29) is 17.1 Å². The van der Waals surface area contributed by atoms with Crippen molar-refractivity contribution in [3.63, 3.8) is 0 Å². The number of aromatic nitrogens is 2. The van der Waals surface area contributed by atoms with Gasteiger partial charge >= 0.3 is 6.18 Å². The van der Waals surface area contributed by atoms with Crippen LogP contribution in [0.25, 0.3) is 0 Å². The molecule has 6 heteroatoms. The molecular weight excluding hydrogens is 195 g/mol. The van der Waals surface area contributed by atoms with Crippen molar-refractivity contribution in [3.8, 4) is 0 Å². The molecule has 2 N–H and O–H groups in total. The van der Waals surface area contributed by atoms with Crippen molar-refractivity contribution >= 4 is 5.69 Å². The van der Waals surface area contributed by atoms with E-state index >= 15 is 0 Å². The lowest BCUT2D eigenvalue weighted by Gasteiger charge is -2.10. The molecule has 0 radical (unpaired) electrons. The molecule has 1 rings (SSSR count). The molecule has 1 aromatic rings. The number of nitrogen functional groups attached to an aromatic ring is 1. The summed E-state index contributed by atoms with van der Waals surface area (Å²) >= 11 is 0. The zero-order valence-electron chi connectivity index (χ0n) is 7.81. The molecule has 0 aliphatic heterocycles. The molecule has 0 fully saturated rings. The summed E-state index contributed by atoms with van der Waals surface area (Å²) in [5.74, 6) is -1.12. The van der Waals surface area contributed by atoms with E-state index in [0.717, 1.165) is 0 Å². The molecule has 14 heavy (non-hydrogen) atoms. The lowest BCUT2D eigenvalue weighted by atomic mass is 10.2. The Morgan fingerprint density at radius 2 is 1.86 bits per heavy atom. The van der Waals surface area contributed by atoms with Gasteiger partial charge in [0, 0.05) is 0 Å². The predicted molar refractivity (Wildman–Crippen MR) is 45.6 cm³/mol. The molecule has 0 unspecified atom stereocenters. The fourth-order valence-electron chi connectivity index (χ4n) is 1.04. The van der Waals surface area contributed by atoms with Crippen molar-refractivity contribution in [2.45, 2.75) is 26.4 Å². The zero-order chi connectivity index (χ0) is 10.9. The number of halogens is 3. The van der Waals surface area contributed by atoms with Crippen molar-refractivity contribution < 1.29 is 13.2 Å². The minimum absolute atomic E-state index is 0.171. The van der Waals surface area contributed by atoms with Crippen molar-refractivity contribution in [1.82, 2.24) is 9.97 Å². The van der Waals surface area contributed by atoms with Gasteiger partial charge in [0.2, 0.25) is 5.82 Å². The van der Waals surface area contributed by atoms with E-state index in [0.29, 0.717) is 6.42 Å². The van der Waals surface area contributed by atoms with Gasteiger partial charge in [-0.1, -0.05) is 6.92 Å². The number of nitrogens with two attached hydrogens (primary N) is 1. The molecule has 0 saturated carbocycles. The maximum absolute atomic E-state index is 12.3. The molecule has 1 aromatic heterocycles. The Kier molecular flexibility index (Phi) is 2.64. The Labute approximate surface area is 79.2 Å². The average molecular weight is 205 g/mol. The molecule has 0 bridgehead atoms. The monoisotopic (exact) mass is 205 g/mol. The van der Waals surface area contributed by atoms with Gasteiger partial charge in [0.15, 0.2) is 0 Å². The summed E-state index contributed by atoms with van der Waals surface area (Å²) in [4.78, 5) is 6.65. The first kappa shape index (κ1) is 10.7. The Morgan fingerprint density at radius 1 is 1.29 bits per heavy atom. The standard InChI is InChI=1S/C8H10F3N3/c1-3-5-6(12)4(2)13-7(14-5)8(9,10)11/h3,12H2,1-2H3. The highest BCUT2D eigenvalue weighted by molar-refractivity contribution is 5.47. The van der Waals surface area contributed by atoms with E-state index in [1.165, 1.54) is 6.92 Å². The summed E-state index contributed by atoms with van der Waals surface area (Å²) in [7, 11) is 0. The minimum Gasteiger partial charge on any atom is -0.396 e. The van der Waals surface area contributed by atoms with Crippen molar-refractivity contribution in [2.24, 2.45) is 0 Å². The van der Waals surface area contributed by atoms with Crippen LogP contribution in [0.3, 0.4) is 0 Å². The quantitative estimate of drug-likeness (QED) is 0.762. The number of hydrogen-bond donors (Lipinski definition) is 1. The van der Waals surface area contributed by atoms with Gasteiger partial charge in [-0.3, -0.25) is 0 Å². The average Bonchev–Trinajstić information content (AvgIpc) is 2.07. The maximum Gasteiger partial charge on any atom is 0.451 e. The topological polar surface area (TPSA) is 51.8 Å². The largest absolute Gasteiger partial charge is 0.451 e. The Bertz CT molecular complexity index is 346. The van der Waals surface area contributed by atoms with Crippen LogP contribution in [0.15, 0.2) is 0 Å². The van der Waals surface area contributed by atoms with Gasteiger partial charge in [0.25, 0.3) is 0 Å². The first-order chi connectivity index (χ1) is 6.36. The number of aryl methyl sites for hydroxylation is 2. The molecule has 1 heterocycles. The maximum atomic E-state index is 12.3. The molecule has 0 saturated heterocycles. The van der Waals surface area contributed by atoms with Crippen LogP contribution >= 0.6 is 0 Å². The van der Waals surface area contributed by atoms with E-state index in [1.807, 2.05) is 0 Å². The molecule has 3 nitrogen and oxygen atoms in total. The number of hydrogen-bond acceptors (Lipinski definition) is 3. The Morgan fingerprint density at radius 3 is 2.29 bits per heavy atom. The third-order valence-corrected chi connectivity index (χ3v) is 1.80. The van der Waals surface area contributed by atoms with Gasteiger partial charge in [-0.2, -0.15) is 13.2 Å². The van der Waals surface area contributed by atoms with Crippen LogP contribution in [0.1, 0.15) is 24.1 Å². The second-order valence-corrected chi connectivity index (χ2v) is 2.84. The van der Waals surface area contributed by atoms with Gasteiger partial charge in [-0.05, 0) is 13.3 Å². The number of alkyl halides is 3. The fraction of sp³-hybridized carbons (Fsp3) is 0.500. The highest BCUT2D eigenvalue weighted by atomic mass is 19.4. The summed E-state index contributed by atoms with van der Waals surface area (Å²) < 4.78 is 36.8. The van der Waals surface area contributed by atoms with E-state index in [4.69, 9.17) is 5.73 Å². The summed E-state index contributed by atoms with van der Waals surface area (Å²) in [5, 5.41) is 0. The van der Waals surface area contributed by atoms with Crippen LogP contribution in [0, 0.1) is 6.92 Å². The van der Waals surface area contributed by atoms with Crippen LogP contribution in [-0.4, -0.2) is 9.97 Å². The number of rotatable bonds is 1. The van der Waals surface area contributed by atoms with E-state index in [2.05, 4.69) is 9.97 Å². The molecule has 0 aliphatic carbocycles. The molecule has 0 aromatic carbocycles. The van der Waals surface area contributed by atoms with Gasteiger partial charge < -0.3 is 5.73 Å². The van der Waals surface area contributed by atoms with Crippen LogP contribution in [0.2, 0.25) is 0 Å². The molecule has 0 spiro atoms. The molecular formula is C8H10F3N3. The summed E-state index contributed by atoms with van der Waals surface area (Å²) in [6.07, 6.45) is -4.15. The van der Waals surface area contributed by atoms with E-state index in [9.17, 15) is 13.2 Å². The van der Waals surface area contributed by atoms with Crippen molar-refractivity contribution in [3.05, 3.63) is 17.2 Å². The van der Waals surface area contributed by atoms with Gasteiger partial charge in [0.1, 0.15) is 0 Å². The van der Waals surface area contributed by atoms with Crippen LogP contribution in [0.5, 0.6) is 0 Å². The molecule has 0 atom stereocenters. The summed E-state index contributed by atoms with van der Waals surface area (Å²) in [5.41, 5.74) is 6.16. The van der Waals surface area contributed by atoms with Crippen LogP contribution in [0.4, 0.5) is 18.9 Å². The smallest absolute Gasteiger partial charge is 0.396 e. The highest BCUT2D eigenvalue weighted by Gasteiger charge is 2.35. The molecule has 78 valence electrons. The first-order valence-electron chi connectivity index (χ1n) is 4.06. The van der Waals surface area contributed by atoms with Crippen molar-refractivity contribution in [1.29, 1.82) is 0 Å². The minimum atomic E-state index is -4.51. The Balaban J connectivity index is 3.30. The normalized spacial score (nSPS) is 11.8. The molecule has 0 amide bonds. The predicted octanol–water partition coefficient (Wildman–Crippen LogP) is 1.95. The van der Waals surface area contributed by atoms with Crippen LogP contribution in [-0.2, 0) is 12.6 Å². The van der Waals surface area contributed by atoms with Gasteiger partial charge in [-0.15, -0.1) is 0 Å². The Hall–Kier alpha value is -1.33. The number of anilines is 1. The second-order valence-electron chi connectivity index (χ2n) is 2.84. The van der Waals surface area contributed by atoms with E-state index in [1.54, 1.807) is 6.92 Å². The SMILES string of the molecule is CCc1nc(C(F)(F)F)nc(C)c1N. The lowest BCUT2D eigenvalue weighted by Crippen LogP contribution is -2.15. The third-order valence-electron chi connectivity index (χ3n) is 1.80. The fourth-order valence-corrected chi connectivity index (χ4v) is 1.04. The van der Waals surface area contributed by atoms with Crippen LogP contribution < -0.4 is 5.73 Å². The van der Waals surface area contributed by atoms with Gasteiger partial charge in [0.05, 0.1) is 17.1 Å². The van der Waals surface area contributed by atoms with E-state index < -0.39 is 12.0 Å². The lowest BCUT2D eigenvalue weighted by molar-refractivity contribution is -0.145. The zero-order valence-corrected chi connectivity index (χ0v) is 7.81. The summed E-state index contributed by atoms with van der Waals surface area (Å²) in [6, 6.07) is 0. The highest BCUT2D eigenvalue weighted by Crippen LogP contribution is 2.28. The third kappa shape index (κ3) is 1.94. The number of nitrogens with zero attached hydrogens (tertiary/aromatic N) is 2. The second kappa shape index (κ2) is 3.43. The molecule has 0 aliphatic rings. The van der Waals surface area contributed by atoms with Gasteiger partial charge in [-0.25, -0.2) is 9.97 Å². The van der Waals surface area contributed by atoms with Crippen molar-refractivity contribution in [2.75, 3.05) is 5.73 Å².